The molecule has 1 aliphatic heterocycles. The van der Waals surface area contributed by atoms with Crippen LogP contribution in [0.15, 0.2) is 48.5 Å². The average Bonchev–Trinajstić information content (AvgIpc) is 3.08. The van der Waals surface area contributed by atoms with Crippen LogP contribution >= 0.6 is 0 Å². The molecule has 0 spiro atoms. The van der Waals surface area contributed by atoms with Gasteiger partial charge in [-0.3, -0.25) is 14.4 Å². The molecule has 7 heteroatoms. The van der Waals surface area contributed by atoms with Gasteiger partial charge in [0.1, 0.15) is 5.82 Å². The van der Waals surface area contributed by atoms with Gasteiger partial charge in [0.15, 0.2) is 0 Å². The van der Waals surface area contributed by atoms with E-state index in [9.17, 15) is 18.8 Å². The number of hydrogen-bond acceptors (Lipinski definition) is 3. The van der Waals surface area contributed by atoms with E-state index in [2.05, 4.69) is 0 Å². The number of carbonyl (C=O) groups is 3. The molecule has 2 aromatic carbocycles. The second-order valence-corrected chi connectivity index (χ2v) is 6.77. The van der Waals surface area contributed by atoms with Crippen LogP contribution in [-0.2, 0) is 16.1 Å². The highest BCUT2D eigenvalue weighted by Crippen LogP contribution is 2.20. The van der Waals surface area contributed by atoms with Gasteiger partial charge in [-0.15, -0.1) is 0 Å². The summed E-state index contributed by atoms with van der Waals surface area (Å²) in [7, 11) is 0. The minimum Gasteiger partial charge on any atom is -0.370 e. The lowest BCUT2D eigenvalue weighted by Crippen LogP contribution is -2.34. The Kier molecular flexibility index (Phi) is 6.03. The number of primary amides is 1. The molecular weight excluding hydrogens is 361 g/mol. The quantitative estimate of drug-likeness (QED) is 0.797. The van der Waals surface area contributed by atoms with Crippen LogP contribution in [0, 0.1) is 5.82 Å². The number of hydrogen-bond donors (Lipinski definition) is 1. The summed E-state index contributed by atoms with van der Waals surface area (Å²) in [6.07, 6.45) is 1.46. The Balaban J connectivity index is 1.76. The van der Waals surface area contributed by atoms with Crippen molar-refractivity contribution < 1.29 is 18.8 Å². The van der Waals surface area contributed by atoms with Gasteiger partial charge in [-0.1, -0.05) is 12.1 Å². The third kappa shape index (κ3) is 4.73. The molecule has 0 bridgehead atoms. The van der Waals surface area contributed by atoms with Crippen LogP contribution < -0.4 is 10.6 Å². The van der Waals surface area contributed by atoms with E-state index < -0.39 is 11.7 Å². The van der Waals surface area contributed by atoms with Crippen molar-refractivity contribution >= 4 is 23.4 Å². The topological polar surface area (TPSA) is 83.7 Å². The molecule has 146 valence electrons. The van der Waals surface area contributed by atoms with E-state index in [1.165, 1.54) is 29.2 Å². The monoisotopic (exact) mass is 383 g/mol. The molecule has 6 nitrogen and oxygen atoms in total. The van der Waals surface area contributed by atoms with Crippen LogP contribution in [0.3, 0.4) is 0 Å². The van der Waals surface area contributed by atoms with Crippen molar-refractivity contribution in [1.29, 1.82) is 0 Å². The second-order valence-electron chi connectivity index (χ2n) is 6.77. The Hall–Kier alpha value is -3.22. The highest BCUT2D eigenvalue weighted by Gasteiger charge is 2.21. The lowest BCUT2D eigenvalue weighted by Gasteiger charge is -2.23. The fourth-order valence-electron chi connectivity index (χ4n) is 3.19. The predicted molar refractivity (Wildman–Crippen MR) is 103 cm³/mol. The summed E-state index contributed by atoms with van der Waals surface area (Å²) in [6.45, 7) is 1.38. The molecule has 0 radical (unpaired) electrons. The Morgan fingerprint density at radius 2 is 1.75 bits per heavy atom. The fourth-order valence-corrected chi connectivity index (χ4v) is 3.19. The maximum Gasteiger partial charge on any atom is 0.258 e. The summed E-state index contributed by atoms with van der Waals surface area (Å²) in [5.41, 5.74) is 7.08. The molecule has 2 N–H and O–H groups in total. The number of anilines is 1. The van der Waals surface area contributed by atoms with E-state index >= 15 is 0 Å². The molecule has 0 atom stereocenters. The van der Waals surface area contributed by atoms with Crippen LogP contribution in [0.4, 0.5) is 10.1 Å². The molecule has 0 aromatic heterocycles. The van der Waals surface area contributed by atoms with Crippen LogP contribution in [-0.4, -0.2) is 35.7 Å². The zero-order valence-corrected chi connectivity index (χ0v) is 15.4. The zero-order valence-electron chi connectivity index (χ0n) is 15.4. The number of rotatable bonds is 7. The van der Waals surface area contributed by atoms with E-state index in [0.717, 1.165) is 18.5 Å². The van der Waals surface area contributed by atoms with Crippen LogP contribution in [0.25, 0.3) is 0 Å². The van der Waals surface area contributed by atoms with E-state index in [0.29, 0.717) is 24.2 Å². The number of halogens is 1. The first-order chi connectivity index (χ1) is 13.4. The summed E-state index contributed by atoms with van der Waals surface area (Å²) in [5, 5.41) is 0. The van der Waals surface area contributed by atoms with Crippen molar-refractivity contribution in [1.82, 2.24) is 4.90 Å². The molecule has 0 saturated carbocycles. The molecule has 1 fully saturated rings. The van der Waals surface area contributed by atoms with Gasteiger partial charge in [0.2, 0.25) is 11.8 Å². The number of likely N-dealkylation sites (tertiary alicyclic amines) is 1. The number of benzene rings is 2. The minimum absolute atomic E-state index is 0.00171. The summed E-state index contributed by atoms with van der Waals surface area (Å²) in [5.74, 6) is -1.09. The smallest absolute Gasteiger partial charge is 0.258 e. The zero-order chi connectivity index (χ0) is 20.1. The summed E-state index contributed by atoms with van der Waals surface area (Å²) < 4.78 is 13.2. The summed E-state index contributed by atoms with van der Waals surface area (Å²) >= 11 is 0. The Morgan fingerprint density at radius 3 is 2.32 bits per heavy atom. The van der Waals surface area contributed by atoms with Crippen molar-refractivity contribution in [3.8, 4) is 0 Å². The maximum absolute atomic E-state index is 13.2. The first kappa shape index (κ1) is 19.5. The Labute approximate surface area is 162 Å². The van der Waals surface area contributed by atoms with E-state index in [-0.39, 0.29) is 24.8 Å². The number of carbonyl (C=O) groups excluding carboxylic acids is 3. The number of nitrogens with zero attached hydrogens (tertiary/aromatic N) is 2. The molecule has 0 aliphatic carbocycles. The molecule has 28 heavy (non-hydrogen) atoms. The van der Waals surface area contributed by atoms with E-state index in [4.69, 9.17) is 5.73 Å². The molecule has 1 saturated heterocycles. The number of amides is 3. The molecule has 3 rings (SSSR count). The third-order valence-corrected chi connectivity index (χ3v) is 4.71. The van der Waals surface area contributed by atoms with Gasteiger partial charge in [0.25, 0.3) is 5.91 Å². The van der Waals surface area contributed by atoms with Gasteiger partial charge in [0.05, 0.1) is 0 Å². The molecule has 0 unspecified atom stereocenters. The molecule has 2 aromatic rings. The van der Waals surface area contributed by atoms with Crippen LogP contribution in [0.5, 0.6) is 0 Å². The molecular formula is C21H22FN3O3. The van der Waals surface area contributed by atoms with E-state index in [1.54, 1.807) is 17.0 Å². The van der Waals surface area contributed by atoms with Crippen molar-refractivity contribution in [2.24, 2.45) is 5.73 Å². The standard InChI is InChI=1S/C21H22FN3O3/c22-17-7-9-18(10-8-17)25(13-11-19(23)26)21(28)16-5-3-15(4-6-16)14-24-12-1-2-20(24)27/h3-10H,1-2,11-14H2,(H2,23,26). The SMILES string of the molecule is NC(=O)CCN(C(=O)c1ccc(CN2CCCC2=O)cc1)c1ccc(F)cc1. The van der Waals surface area contributed by atoms with E-state index in [1.807, 2.05) is 12.1 Å². The van der Waals surface area contributed by atoms with Crippen molar-refractivity contribution in [3.05, 3.63) is 65.5 Å². The highest BCUT2D eigenvalue weighted by molar-refractivity contribution is 6.06. The van der Waals surface area contributed by atoms with Gasteiger partial charge in [-0.25, -0.2) is 4.39 Å². The average molecular weight is 383 g/mol. The summed E-state index contributed by atoms with van der Waals surface area (Å²) in [4.78, 5) is 39.1. The Morgan fingerprint density at radius 1 is 1.07 bits per heavy atom. The van der Waals surface area contributed by atoms with Crippen LogP contribution in [0.2, 0.25) is 0 Å². The minimum atomic E-state index is -0.523. The van der Waals surface area contributed by atoms with Gasteiger partial charge in [0, 0.05) is 43.7 Å². The third-order valence-electron chi connectivity index (χ3n) is 4.71. The molecule has 1 aliphatic rings. The summed E-state index contributed by atoms with van der Waals surface area (Å²) in [6, 6.07) is 12.5. The first-order valence-electron chi connectivity index (χ1n) is 9.16. The van der Waals surface area contributed by atoms with Crippen molar-refractivity contribution in [2.75, 3.05) is 18.0 Å². The van der Waals surface area contributed by atoms with Gasteiger partial charge in [-0.05, 0) is 48.4 Å². The maximum atomic E-state index is 13.2. The van der Waals surface area contributed by atoms with Crippen molar-refractivity contribution in [3.63, 3.8) is 0 Å². The van der Waals surface area contributed by atoms with Crippen LogP contribution in [0.1, 0.15) is 35.2 Å². The van der Waals surface area contributed by atoms with Gasteiger partial charge in [-0.2, -0.15) is 0 Å². The largest absolute Gasteiger partial charge is 0.370 e. The lowest BCUT2D eigenvalue weighted by atomic mass is 10.1. The molecule has 1 heterocycles. The van der Waals surface area contributed by atoms with Gasteiger partial charge < -0.3 is 15.5 Å². The number of nitrogens with two attached hydrogens (primary N) is 1. The van der Waals surface area contributed by atoms with Crippen molar-refractivity contribution in [2.45, 2.75) is 25.8 Å². The lowest BCUT2D eigenvalue weighted by molar-refractivity contribution is -0.128. The first-order valence-corrected chi connectivity index (χ1v) is 9.16. The normalized spacial score (nSPS) is 13.6. The fraction of sp³-hybridized carbons (Fsp3) is 0.286. The highest BCUT2D eigenvalue weighted by atomic mass is 19.1. The Bertz CT molecular complexity index is 865. The second kappa shape index (κ2) is 8.65. The van der Waals surface area contributed by atoms with Gasteiger partial charge >= 0.3 is 0 Å². The molecule has 3 amide bonds. The predicted octanol–water partition coefficient (Wildman–Crippen LogP) is 2.47.